The van der Waals surface area contributed by atoms with Crippen LogP contribution in [0.1, 0.15) is 25.3 Å². The summed E-state index contributed by atoms with van der Waals surface area (Å²) in [6.07, 6.45) is 1.73. The van der Waals surface area contributed by atoms with E-state index in [1.54, 1.807) is 12.1 Å². The predicted molar refractivity (Wildman–Crippen MR) is 61.4 cm³/mol. The van der Waals surface area contributed by atoms with Gasteiger partial charge in [-0.3, -0.25) is 4.79 Å². The van der Waals surface area contributed by atoms with Gasteiger partial charge in [-0.2, -0.15) is 0 Å². The number of Topliss-reactive ketones (excluding diaryl/α,β-unsaturated/α-hetero) is 1. The minimum Gasteiger partial charge on any atom is -0.299 e. The van der Waals surface area contributed by atoms with Crippen LogP contribution < -0.4 is 5.14 Å². The van der Waals surface area contributed by atoms with E-state index < -0.39 is 10.0 Å². The second kappa shape index (κ2) is 5.23. The number of nitrogens with two attached hydrogens (primary N) is 1. The van der Waals surface area contributed by atoms with E-state index in [2.05, 4.69) is 0 Å². The number of carbonyl (C=O) groups is 1. The van der Waals surface area contributed by atoms with Gasteiger partial charge < -0.3 is 0 Å². The van der Waals surface area contributed by atoms with Gasteiger partial charge in [0.15, 0.2) is 0 Å². The molecule has 0 saturated carbocycles. The average molecular weight is 241 g/mol. The van der Waals surface area contributed by atoms with Crippen molar-refractivity contribution in [1.29, 1.82) is 0 Å². The molecule has 5 heteroatoms. The first kappa shape index (κ1) is 12.9. The predicted octanol–water partition coefficient (Wildman–Crippen LogP) is 1.25. The molecule has 0 radical (unpaired) electrons. The minimum absolute atomic E-state index is 0.0687. The highest BCUT2D eigenvalue weighted by Gasteiger charge is 2.08. The molecule has 0 fully saturated rings. The summed E-state index contributed by atoms with van der Waals surface area (Å²) in [5.41, 5.74) is 0.811. The summed E-state index contributed by atoms with van der Waals surface area (Å²) in [4.78, 5) is 11.4. The molecule has 2 N–H and O–H groups in total. The molecule has 1 rings (SSSR count). The second-order valence-electron chi connectivity index (χ2n) is 3.65. The number of rotatable bonds is 5. The molecule has 0 aliphatic rings. The lowest BCUT2D eigenvalue weighted by atomic mass is 10.1. The van der Waals surface area contributed by atoms with Gasteiger partial charge in [-0.15, -0.1) is 0 Å². The number of hydrogen-bond acceptors (Lipinski definition) is 3. The second-order valence-corrected chi connectivity index (χ2v) is 5.22. The Hall–Kier alpha value is -1.20. The van der Waals surface area contributed by atoms with Crippen molar-refractivity contribution in [2.45, 2.75) is 31.1 Å². The fourth-order valence-electron chi connectivity index (χ4n) is 1.39. The molecule has 0 unspecified atom stereocenters. The number of benzene rings is 1. The van der Waals surface area contributed by atoms with E-state index in [0.29, 0.717) is 12.8 Å². The monoisotopic (exact) mass is 241 g/mol. The van der Waals surface area contributed by atoms with Crippen molar-refractivity contribution in [3.63, 3.8) is 0 Å². The quantitative estimate of drug-likeness (QED) is 0.842. The third kappa shape index (κ3) is 3.75. The molecule has 0 bridgehead atoms. The highest BCUT2D eigenvalue weighted by atomic mass is 32.2. The van der Waals surface area contributed by atoms with Gasteiger partial charge in [0.05, 0.1) is 4.90 Å². The van der Waals surface area contributed by atoms with E-state index in [9.17, 15) is 13.2 Å². The summed E-state index contributed by atoms with van der Waals surface area (Å²) in [5, 5.41) is 4.96. The first-order valence-electron chi connectivity index (χ1n) is 5.07. The molecule has 1 aromatic carbocycles. The fraction of sp³-hybridized carbons (Fsp3) is 0.364. The van der Waals surface area contributed by atoms with E-state index in [4.69, 9.17) is 5.14 Å². The van der Waals surface area contributed by atoms with Crippen molar-refractivity contribution >= 4 is 15.8 Å². The summed E-state index contributed by atoms with van der Waals surface area (Å²) < 4.78 is 22.0. The van der Waals surface area contributed by atoms with Gasteiger partial charge in [0.2, 0.25) is 10.0 Å². The van der Waals surface area contributed by atoms with Crippen molar-refractivity contribution in [2.75, 3.05) is 0 Å². The summed E-state index contributed by atoms with van der Waals surface area (Å²) in [6, 6.07) is 6.08. The first-order valence-corrected chi connectivity index (χ1v) is 6.61. The lowest BCUT2D eigenvalue weighted by Crippen LogP contribution is -2.12. The summed E-state index contributed by atoms with van der Waals surface area (Å²) in [6.45, 7) is 1.95. The van der Waals surface area contributed by atoms with Crippen LogP contribution in [0.2, 0.25) is 0 Å². The lowest BCUT2D eigenvalue weighted by molar-refractivity contribution is -0.118. The molecule has 16 heavy (non-hydrogen) atoms. The van der Waals surface area contributed by atoms with Crippen LogP contribution in [0.3, 0.4) is 0 Å². The standard InChI is InChI=1S/C11H15NO3S/c1-2-3-10(13)8-9-4-6-11(7-5-9)16(12,14)15/h4-7H,2-3,8H2,1H3,(H2,12,14,15). The highest BCUT2D eigenvalue weighted by molar-refractivity contribution is 7.89. The van der Waals surface area contributed by atoms with E-state index in [0.717, 1.165) is 12.0 Å². The number of primary sulfonamides is 1. The topological polar surface area (TPSA) is 77.2 Å². The summed E-state index contributed by atoms with van der Waals surface area (Å²) in [7, 11) is -3.64. The highest BCUT2D eigenvalue weighted by Crippen LogP contribution is 2.10. The van der Waals surface area contributed by atoms with Gasteiger partial charge in [-0.05, 0) is 24.1 Å². The number of sulfonamides is 1. The Bertz CT molecular complexity index is 463. The molecule has 0 spiro atoms. The van der Waals surface area contributed by atoms with Gasteiger partial charge in [-0.25, -0.2) is 13.6 Å². The number of hydrogen-bond donors (Lipinski definition) is 1. The fourth-order valence-corrected chi connectivity index (χ4v) is 1.91. The Morgan fingerprint density at radius 1 is 1.25 bits per heavy atom. The molecule has 0 atom stereocenters. The van der Waals surface area contributed by atoms with Crippen molar-refractivity contribution in [2.24, 2.45) is 5.14 Å². The molecule has 0 saturated heterocycles. The van der Waals surface area contributed by atoms with E-state index in [-0.39, 0.29) is 10.7 Å². The van der Waals surface area contributed by atoms with Crippen molar-refractivity contribution in [3.05, 3.63) is 29.8 Å². The van der Waals surface area contributed by atoms with E-state index in [1.165, 1.54) is 12.1 Å². The number of ketones is 1. The van der Waals surface area contributed by atoms with Gasteiger partial charge >= 0.3 is 0 Å². The Balaban J connectivity index is 2.76. The molecule has 0 aliphatic heterocycles. The van der Waals surface area contributed by atoms with Crippen LogP contribution in [-0.2, 0) is 21.2 Å². The third-order valence-electron chi connectivity index (χ3n) is 2.18. The van der Waals surface area contributed by atoms with Gasteiger partial charge in [0.25, 0.3) is 0 Å². The molecular weight excluding hydrogens is 226 g/mol. The Morgan fingerprint density at radius 3 is 2.25 bits per heavy atom. The van der Waals surface area contributed by atoms with E-state index >= 15 is 0 Å². The van der Waals surface area contributed by atoms with Gasteiger partial charge in [0, 0.05) is 12.8 Å². The molecular formula is C11H15NO3S. The molecule has 0 heterocycles. The van der Waals surface area contributed by atoms with Crippen molar-refractivity contribution in [1.82, 2.24) is 0 Å². The van der Waals surface area contributed by atoms with Crippen LogP contribution in [-0.4, -0.2) is 14.2 Å². The summed E-state index contributed by atoms with van der Waals surface area (Å²) >= 11 is 0. The molecule has 88 valence electrons. The van der Waals surface area contributed by atoms with Crippen LogP contribution in [0.15, 0.2) is 29.2 Å². The van der Waals surface area contributed by atoms with Crippen LogP contribution in [0.5, 0.6) is 0 Å². The minimum atomic E-state index is -3.64. The molecule has 0 aliphatic carbocycles. The van der Waals surface area contributed by atoms with Crippen LogP contribution in [0.25, 0.3) is 0 Å². The maximum absolute atomic E-state index is 11.4. The SMILES string of the molecule is CCCC(=O)Cc1ccc(S(N)(=O)=O)cc1. The summed E-state index contributed by atoms with van der Waals surface area (Å²) in [5.74, 6) is 0.158. The normalized spacial score (nSPS) is 11.4. The Labute approximate surface area is 95.5 Å². The van der Waals surface area contributed by atoms with Crippen LogP contribution >= 0.6 is 0 Å². The Kier molecular flexibility index (Phi) is 4.20. The first-order chi connectivity index (χ1) is 7.43. The van der Waals surface area contributed by atoms with Crippen molar-refractivity contribution in [3.8, 4) is 0 Å². The maximum Gasteiger partial charge on any atom is 0.238 e. The van der Waals surface area contributed by atoms with Gasteiger partial charge in [-0.1, -0.05) is 19.1 Å². The molecule has 0 aromatic heterocycles. The lowest BCUT2D eigenvalue weighted by Gasteiger charge is -2.02. The largest absolute Gasteiger partial charge is 0.299 e. The maximum atomic E-state index is 11.4. The van der Waals surface area contributed by atoms with Gasteiger partial charge in [0.1, 0.15) is 5.78 Å². The zero-order chi connectivity index (χ0) is 12.2. The molecule has 1 aromatic rings. The zero-order valence-electron chi connectivity index (χ0n) is 9.14. The Morgan fingerprint density at radius 2 is 1.81 bits per heavy atom. The van der Waals surface area contributed by atoms with E-state index in [1.807, 2.05) is 6.92 Å². The zero-order valence-corrected chi connectivity index (χ0v) is 9.96. The number of carbonyl (C=O) groups excluding carboxylic acids is 1. The smallest absolute Gasteiger partial charge is 0.238 e. The third-order valence-corrected chi connectivity index (χ3v) is 3.11. The van der Waals surface area contributed by atoms with Crippen molar-refractivity contribution < 1.29 is 13.2 Å². The molecule has 4 nitrogen and oxygen atoms in total. The van der Waals surface area contributed by atoms with Crippen LogP contribution in [0, 0.1) is 0 Å². The molecule has 0 amide bonds. The average Bonchev–Trinajstić information content (AvgIpc) is 2.17. The van der Waals surface area contributed by atoms with Crippen LogP contribution in [0.4, 0.5) is 0 Å².